The largest absolute Gasteiger partial charge is 0.449 e. The molecule has 0 radical (unpaired) electrons. The van der Waals surface area contributed by atoms with Gasteiger partial charge in [-0.25, -0.2) is 4.79 Å². The third-order valence-corrected chi connectivity index (χ3v) is 3.17. The summed E-state index contributed by atoms with van der Waals surface area (Å²) in [5.74, 6) is -0.235. The third kappa shape index (κ3) is 4.14. The molecule has 2 aromatic rings. The van der Waals surface area contributed by atoms with Crippen molar-refractivity contribution in [2.24, 2.45) is 0 Å². The lowest BCUT2D eigenvalue weighted by atomic mass is 10.2. The van der Waals surface area contributed by atoms with Gasteiger partial charge in [-0.05, 0) is 35.3 Å². The van der Waals surface area contributed by atoms with E-state index < -0.39 is 18.0 Å². The first-order valence-corrected chi connectivity index (χ1v) is 7.34. The minimum Gasteiger partial charge on any atom is -0.449 e. The van der Waals surface area contributed by atoms with Crippen LogP contribution in [0.1, 0.15) is 29.5 Å². The zero-order valence-electron chi connectivity index (χ0n) is 12.0. The number of amides is 1. The molecule has 0 bridgehead atoms. The summed E-state index contributed by atoms with van der Waals surface area (Å²) >= 11 is 3.22. The van der Waals surface area contributed by atoms with Gasteiger partial charge in [0.25, 0.3) is 5.91 Å². The molecule has 7 nitrogen and oxygen atoms in total. The topological polar surface area (TPSA) is 94.3 Å². The van der Waals surface area contributed by atoms with Crippen LogP contribution in [0.2, 0.25) is 0 Å². The molecule has 0 saturated heterocycles. The van der Waals surface area contributed by atoms with Gasteiger partial charge in [0.1, 0.15) is 5.76 Å². The highest BCUT2D eigenvalue weighted by molar-refractivity contribution is 9.10. The van der Waals surface area contributed by atoms with Gasteiger partial charge in [0.05, 0.1) is 5.56 Å². The fourth-order valence-corrected chi connectivity index (χ4v) is 2.04. The highest BCUT2D eigenvalue weighted by atomic mass is 79.9. The maximum Gasteiger partial charge on any atom is 0.340 e. The van der Waals surface area contributed by atoms with E-state index in [4.69, 9.17) is 9.26 Å². The highest BCUT2D eigenvalue weighted by Gasteiger charge is 2.23. The van der Waals surface area contributed by atoms with Crippen molar-refractivity contribution in [3.63, 3.8) is 0 Å². The molecule has 22 heavy (non-hydrogen) atoms. The standard InChI is InChI=1S/C14H14BrN3O4/c1-3-11(13(19)17-12-4-8(2)22-18-12)21-14(20)9-5-10(15)7-16-6-9/h4-7,11H,3H2,1-2H3,(H,17,18,19)/t11-/m1/s1. The average molecular weight is 368 g/mol. The van der Waals surface area contributed by atoms with Crippen LogP contribution in [-0.4, -0.2) is 28.1 Å². The Morgan fingerprint density at radius 2 is 2.18 bits per heavy atom. The van der Waals surface area contributed by atoms with E-state index in [2.05, 4.69) is 31.4 Å². The number of nitrogens with one attached hydrogen (secondary N) is 1. The maximum absolute atomic E-state index is 12.1. The van der Waals surface area contributed by atoms with Crippen molar-refractivity contribution in [1.29, 1.82) is 0 Å². The molecule has 8 heteroatoms. The number of hydrogen-bond acceptors (Lipinski definition) is 6. The van der Waals surface area contributed by atoms with Gasteiger partial charge < -0.3 is 14.6 Å². The van der Waals surface area contributed by atoms with Crippen LogP contribution >= 0.6 is 15.9 Å². The third-order valence-electron chi connectivity index (χ3n) is 2.73. The smallest absolute Gasteiger partial charge is 0.340 e. The van der Waals surface area contributed by atoms with Gasteiger partial charge in [0.15, 0.2) is 11.9 Å². The fraction of sp³-hybridized carbons (Fsp3) is 0.286. The molecule has 1 amide bonds. The van der Waals surface area contributed by atoms with Gasteiger partial charge >= 0.3 is 5.97 Å². The van der Waals surface area contributed by atoms with E-state index in [0.29, 0.717) is 16.7 Å². The zero-order valence-corrected chi connectivity index (χ0v) is 13.6. The second kappa shape index (κ2) is 7.17. The highest BCUT2D eigenvalue weighted by Crippen LogP contribution is 2.13. The van der Waals surface area contributed by atoms with Crippen LogP contribution in [0.25, 0.3) is 0 Å². The van der Waals surface area contributed by atoms with E-state index in [-0.39, 0.29) is 11.4 Å². The van der Waals surface area contributed by atoms with Crippen molar-refractivity contribution in [2.45, 2.75) is 26.4 Å². The molecule has 116 valence electrons. The molecule has 2 rings (SSSR count). The van der Waals surface area contributed by atoms with Crippen molar-refractivity contribution in [1.82, 2.24) is 10.1 Å². The summed E-state index contributed by atoms with van der Waals surface area (Å²) in [5, 5.41) is 6.19. The molecule has 2 aromatic heterocycles. The average Bonchev–Trinajstić information content (AvgIpc) is 2.89. The minimum atomic E-state index is -0.927. The molecular formula is C14H14BrN3O4. The Morgan fingerprint density at radius 3 is 2.77 bits per heavy atom. The van der Waals surface area contributed by atoms with Crippen molar-refractivity contribution in [3.05, 3.63) is 40.3 Å². The van der Waals surface area contributed by atoms with E-state index in [1.165, 1.54) is 6.20 Å². The Hall–Kier alpha value is -2.22. The van der Waals surface area contributed by atoms with Crippen LogP contribution in [0.3, 0.4) is 0 Å². The quantitative estimate of drug-likeness (QED) is 0.816. The van der Waals surface area contributed by atoms with Crippen molar-refractivity contribution in [3.8, 4) is 0 Å². The second-order valence-corrected chi connectivity index (χ2v) is 5.42. The number of carbonyl (C=O) groups excluding carboxylic acids is 2. The van der Waals surface area contributed by atoms with E-state index in [1.807, 2.05) is 0 Å². The van der Waals surface area contributed by atoms with E-state index in [1.54, 1.807) is 32.2 Å². The SMILES string of the molecule is CC[C@@H](OC(=O)c1cncc(Br)c1)C(=O)Nc1cc(C)on1. The van der Waals surface area contributed by atoms with Crippen LogP contribution in [0.15, 0.2) is 33.5 Å². The molecule has 0 aliphatic heterocycles. The summed E-state index contributed by atoms with van der Waals surface area (Å²) in [5.41, 5.74) is 0.262. The molecule has 0 aliphatic rings. The van der Waals surface area contributed by atoms with Gasteiger partial charge in [-0.3, -0.25) is 9.78 Å². The predicted molar refractivity (Wildman–Crippen MR) is 81.3 cm³/mol. The molecule has 0 unspecified atom stereocenters. The van der Waals surface area contributed by atoms with Gasteiger partial charge in [-0.1, -0.05) is 12.1 Å². The van der Waals surface area contributed by atoms with Crippen molar-refractivity contribution < 1.29 is 18.8 Å². The number of anilines is 1. The fourth-order valence-electron chi connectivity index (χ4n) is 1.68. The summed E-state index contributed by atoms with van der Waals surface area (Å²) in [7, 11) is 0. The summed E-state index contributed by atoms with van der Waals surface area (Å²) in [6.07, 6.45) is 2.32. The number of halogens is 1. The van der Waals surface area contributed by atoms with Gasteiger partial charge in [0, 0.05) is 22.9 Å². The number of rotatable bonds is 5. The van der Waals surface area contributed by atoms with Crippen molar-refractivity contribution in [2.75, 3.05) is 5.32 Å². The first kappa shape index (κ1) is 16.2. The molecule has 0 aliphatic carbocycles. The van der Waals surface area contributed by atoms with Gasteiger partial charge in [-0.2, -0.15) is 0 Å². The number of aryl methyl sites for hydroxylation is 1. The molecule has 0 aromatic carbocycles. The summed E-state index contributed by atoms with van der Waals surface area (Å²) in [4.78, 5) is 28.0. The molecule has 1 atom stereocenters. The number of hydrogen-bond donors (Lipinski definition) is 1. The monoisotopic (exact) mass is 367 g/mol. The van der Waals surface area contributed by atoms with Crippen LogP contribution in [0.5, 0.6) is 0 Å². The number of aromatic nitrogens is 2. The maximum atomic E-state index is 12.1. The zero-order chi connectivity index (χ0) is 16.1. The Morgan fingerprint density at radius 1 is 1.41 bits per heavy atom. The number of nitrogens with zero attached hydrogens (tertiary/aromatic N) is 2. The number of carbonyl (C=O) groups is 2. The van der Waals surface area contributed by atoms with Crippen LogP contribution in [0.4, 0.5) is 5.82 Å². The van der Waals surface area contributed by atoms with Crippen molar-refractivity contribution >= 4 is 33.6 Å². The molecule has 1 N–H and O–H groups in total. The molecule has 0 fully saturated rings. The van der Waals surface area contributed by atoms with Gasteiger partial charge in [-0.15, -0.1) is 0 Å². The lowest BCUT2D eigenvalue weighted by Crippen LogP contribution is -2.32. The van der Waals surface area contributed by atoms with E-state index in [9.17, 15) is 9.59 Å². The van der Waals surface area contributed by atoms with Gasteiger partial charge in [0.2, 0.25) is 0 Å². The molecule has 0 saturated carbocycles. The Bertz CT molecular complexity index is 686. The van der Waals surface area contributed by atoms with Crippen LogP contribution in [0, 0.1) is 6.92 Å². The first-order chi connectivity index (χ1) is 10.5. The van der Waals surface area contributed by atoms with E-state index in [0.717, 1.165) is 0 Å². The minimum absolute atomic E-state index is 0.262. The second-order valence-electron chi connectivity index (χ2n) is 4.51. The summed E-state index contributed by atoms with van der Waals surface area (Å²) in [6, 6.07) is 3.14. The Kier molecular flexibility index (Phi) is 5.26. The van der Waals surface area contributed by atoms with Crippen LogP contribution in [-0.2, 0) is 9.53 Å². The van der Waals surface area contributed by atoms with E-state index >= 15 is 0 Å². The Labute approximate surface area is 135 Å². The predicted octanol–water partition coefficient (Wildman–Crippen LogP) is 2.71. The Balaban J connectivity index is 2.02. The number of pyridine rings is 1. The normalized spacial score (nSPS) is 11.8. The number of esters is 1. The van der Waals surface area contributed by atoms with Crippen LogP contribution < -0.4 is 5.32 Å². The number of ether oxygens (including phenoxy) is 1. The lowest BCUT2D eigenvalue weighted by Gasteiger charge is -2.15. The molecule has 0 spiro atoms. The molecular weight excluding hydrogens is 354 g/mol. The first-order valence-electron chi connectivity index (χ1n) is 6.55. The summed E-state index contributed by atoms with van der Waals surface area (Å²) < 4.78 is 10.7. The molecule has 2 heterocycles. The lowest BCUT2D eigenvalue weighted by molar-refractivity contribution is -0.124. The summed E-state index contributed by atoms with van der Waals surface area (Å²) in [6.45, 7) is 3.45.